The van der Waals surface area contributed by atoms with Crippen LogP contribution in [0.4, 0.5) is 5.69 Å². The molecule has 0 aliphatic carbocycles. The number of carbonyl (C=O) groups excluding carboxylic acids is 1. The monoisotopic (exact) mass is 514 g/mol. The number of aromatic nitrogens is 1. The lowest BCUT2D eigenvalue weighted by molar-refractivity contribution is -0.137. The van der Waals surface area contributed by atoms with Gasteiger partial charge < -0.3 is 15.4 Å². The number of hydrogen-bond donors (Lipinski definition) is 3. The highest BCUT2D eigenvalue weighted by atomic mass is 32.2. The molecule has 0 saturated carbocycles. The fourth-order valence-corrected chi connectivity index (χ4v) is 6.44. The molecule has 35 heavy (non-hydrogen) atoms. The molecule has 0 unspecified atom stereocenters. The molecule has 1 aromatic heterocycles. The Hall–Kier alpha value is -3.70. The fourth-order valence-electron chi connectivity index (χ4n) is 4.05. The number of carbonyl (C=O) groups is 2. The number of carboxylic acids is 1. The Morgan fingerprint density at radius 2 is 1.71 bits per heavy atom. The maximum Gasteiger partial charge on any atom is 0.303 e. The van der Waals surface area contributed by atoms with Gasteiger partial charge in [-0.05, 0) is 55.3 Å². The van der Waals surface area contributed by atoms with Gasteiger partial charge in [0.25, 0.3) is 5.91 Å². The minimum Gasteiger partial charge on any atom is -0.481 e. The number of fused-ring (bicyclic) bond motifs is 1. The van der Waals surface area contributed by atoms with Crippen molar-refractivity contribution in [3.05, 3.63) is 71.0 Å². The van der Waals surface area contributed by atoms with Crippen LogP contribution < -0.4 is 5.32 Å². The second-order valence-electron chi connectivity index (χ2n) is 8.17. The van der Waals surface area contributed by atoms with Gasteiger partial charge in [-0.2, -0.15) is 0 Å². The SMILES string of the molecule is Cc1[nH]c(/C=C2/C(=O)Nc3ccc(S(C)(=O)=O)cc32)c(CCC(=O)O)c1S(=O)(=O)c1ccccc1. The van der Waals surface area contributed by atoms with Crippen LogP contribution in [-0.2, 0) is 35.7 Å². The first-order valence-corrected chi connectivity index (χ1v) is 13.9. The topological polar surface area (TPSA) is 150 Å². The molecule has 2 aromatic carbocycles. The average Bonchev–Trinajstić information content (AvgIpc) is 3.27. The van der Waals surface area contributed by atoms with Crippen LogP contribution in [-0.4, -0.2) is 45.1 Å². The van der Waals surface area contributed by atoms with Gasteiger partial charge in [-0.3, -0.25) is 9.59 Å². The second-order valence-corrected chi connectivity index (χ2v) is 12.1. The van der Waals surface area contributed by atoms with Crippen LogP contribution in [0.3, 0.4) is 0 Å². The molecular weight excluding hydrogens is 492 g/mol. The first kappa shape index (κ1) is 24.4. The summed E-state index contributed by atoms with van der Waals surface area (Å²) in [5.74, 6) is -1.60. The van der Waals surface area contributed by atoms with E-state index < -0.39 is 31.6 Å². The molecule has 0 bridgehead atoms. The van der Waals surface area contributed by atoms with Crippen LogP contribution in [0.15, 0.2) is 63.2 Å². The number of carboxylic acid groups (broad SMARTS) is 1. The number of hydrogen-bond acceptors (Lipinski definition) is 6. The molecule has 0 saturated heterocycles. The number of rotatable bonds is 7. The zero-order valence-corrected chi connectivity index (χ0v) is 20.5. The summed E-state index contributed by atoms with van der Waals surface area (Å²) >= 11 is 0. The summed E-state index contributed by atoms with van der Waals surface area (Å²) in [6.07, 6.45) is 2.06. The number of benzene rings is 2. The summed E-state index contributed by atoms with van der Waals surface area (Å²) in [6, 6.07) is 12.0. The van der Waals surface area contributed by atoms with E-state index >= 15 is 0 Å². The van der Waals surface area contributed by atoms with E-state index in [4.69, 9.17) is 0 Å². The maximum absolute atomic E-state index is 13.5. The van der Waals surface area contributed by atoms with Crippen molar-refractivity contribution in [3.63, 3.8) is 0 Å². The van der Waals surface area contributed by atoms with Crippen LogP contribution in [0.2, 0.25) is 0 Å². The van der Waals surface area contributed by atoms with Crippen molar-refractivity contribution in [1.29, 1.82) is 0 Å². The number of amides is 1. The lowest BCUT2D eigenvalue weighted by Gasteiger charge is -2.08. The summed E-state index contributed by atoms with van der Waals surface area (Å²) in [4.78, 5) is 27.1. The lowest BCUT2D eigenvalue weighted by atomic mass is 10.0. The molecule has 3 aromatic rings. The third kappa shape index (κ3) is 4.64. The van der Waals surface area contributed by atoms with Gasteiger partial charge in [-0.1, -0.05) is 18.2 Å². The number of aliphatic carboxylic acids is 1. The summed E-state index contributed by atoms with van der Waals surface area (Å²) in [5, 5.41) is 11.9. The van der Waals surface area contributed by atoms with Crippen molar-refractivity contribution < 1.29 is 31.5 Å². The average molecular weight is 515 g/mol. The van der Waals surface area contributed by atoms with Crippen molar-refractivity contribution in [2.75, 3.05) is 11.6 Å². The highest BCUT2D eigenvalue weighted by molar-refractivity contribution is 7.91. The van der Waals surface area contributed by atoms with Crippen molar-refractivity contribution in [2.24, 2.45) is 0 Å². The Labute approximate surface area is 202 Å². The zero-order chi connectivity index (χ0) is 25.5. The van der Waals surface area contributed by atoms with Gasteiger partial charge in [0.1, 0.15) is 0 Å². The number of aromatic amines is 1. The Balaban J connectivity index is 1.92. The van der Waals surface area contributed by atoms with E-state index in [1.165, 1.54) is 36.4 Å². The number of sulfone groups is 2. The molecule has 11 heteroatoms. The molecule has 1 aliphatic heterocycles. The summed E-state index contributed by atoms with van der Waals surface area (Å²) in [5.41, 5.74) is 1.70. The smallest absolute Gasteiger partial charge is 0.303 e. The predicted octanol–water partition coefficient (Wildman–Crippen LogP) is 3.07. The fraction of sp³-hybridized carbons (Fsp3) is 0.167. The molecule has 4 rings (SSSR count). The van der Waals surface area contributed by atoms with Crippen LogP contribution in [0.5, 0.6) is 0 Å². The number of anilines is 1. The number of aryl methyl sites for hydroxylation is 1. The molecule has 0 atom stereocenters. The minimum absolute atomic E-state index is 0.0276. The van der Waals surface area contributed by atoms with Gasteiger partial charge in [0.2, 0.25) is 9.84 Å². The van der Waals surface area contributed by atoms with Crippen molar-refractivity contribution in [3.8, 4) is 0 Å². The second kappa shape index (κ2) is 8.82. The number of nitrogens with one attached hydrogen (secondary N) is 2. The highest BCUT2D eigenvalue weighted by Crippen LogP contribution is 2.37. The molecule has 0 fully saturated rings. The quantitative estimate of drug-likeness (QED) is 0.410. The number of H-pyrrole nitrogens is 1. The third-order valence-corrected chi connectivity index (χ3v) is 8.76. The Kier molecular flexibility index (Phi) is 6.16. The molecule has 1 amide bonds. The van der Waals surface area contributed by atoms with Crippen molar-refractivity contribution in [1.82, 2.24) is 4.98 Å². The summed E-state index contributed by atoms with van der Waals surface area (Å²) < 4.78 is 51.0. The summed E-state index contributed by atoms with van der Waals surface area (Å²) in [6.45, 7) is 1.56. The molecule has 2 heterocycles. The zero-order valence-electron chi connectivity index (χ0n) is 18.8. The van der Waals surface area contributed by atoms with Crippen LogP contribution in [0, 0.1) is 6.92 Å². The Morgan fingerprint density at radius 3 is 2.34 bits per heavy atom. The minimum atomic E-state index is -3.99. The molecule has 182 valence electrons. The van der Waals surface area contributed by atoms with E-state index in [1.54, 1.807) is 25.1 Å². The van der Waals surface area contributed by atoms with Gasteiger partial charge in [0.05, 0.1) is 20.3 Å². The largest absolute Gasteiger partial charge is 0.481 e. The van der Waals surface area contributed by atoms with E-state index in [0.29, 0.717) is 16.9 Å². The molecule has 3 N–H and O–H groups in total. The van der Waals surface area contributed by atoms with Crippen molar-refractivity contribution in [2.45, 2.75) is 34.5 Å². The van der Waals surface area contributed by atoms with E-state index in [9.17, 15) is 31.5 Å². The van der Waals surface area contributed by atoms with Crippen LogP contribution in [0.1, 0.15) is 28.9 Å². The Bertz CT molecular complexity index is 1600. The van der Waals surface area contributed by atoms with E-state index in [-0.39, 0.29) is 44.4 Å². The molecule has 9 nitrogen and oxygen atoms in total. The van der Waals surface area contributed by atoms with Crippen LogP contribution >= 0.6 is 0 Å². The highest BCUT2D eigenvalue weighted by Gasteiger charge is 2.30. The van der Waals surface area contributed by atoms with E-state index in [2.05, 4.69) is 10.3 Å². The first-order valence-electron chi connectivity index (χ1n) is 10.5. The molecule has 0 radical (unpaired) electrons. The molecular formula is C24H22N2O7S2. The normalized spacial score (nSPS) is 14.7. The standard InChI is InChI=1S/C24H22N2O7S2/c1-14-23(35(32,33)15-6-4-3-5-7-15)17(9-11-22(27)28)21(25-14)13-19-18-12-16(34(2,30)31)8-10-20(18)26-24(19)29/h3-8,10,12-13,25H,9,11H2,1-2H3,(H,26,29)(H,27,28)/b19-13+. The predicted molar refractivity (Wildman–Crippen MR) is 129 cm³/mol. The first-order chi connectivity index (χ1) is 16.4. The van der Waals surface area contributed by atoms with Gasteiger partial charge in [0, 0.05) is 35.3 Å². The molecule has 1 aliphatic rings. The Morgan fingerprint density at radius 1 is 1.03 bits per heavy atom. The van der Waals surface area contributed by atoms with E-state index in [1.807, 2.05) is 0 Å². The maximum atomic E-state index is 13.5. The third-order valence-electron chi connectivity index (χ3n) is 5.66. The van der Waals surface area contributed by atoms with Gasteiger partial charge in [-0.15, -0.1) is 0 Å². The van der Waals surface area contributed by atoms with Crippen LogP contribution in [0.25, 0.3) is 11.6 Å². The molecule has 0 spiro atoms. The van der Waals surface area contributed by atoms with E-state index in [0.717, 1.165) is 6.26 Å². The van der Waals surface area contributed by atoms with Gasteiger partial charge in [-0.25, -0.2) is 16.8 Å². The lowest BCUT2D eigenvalue weighted by Crippen LogP contribution is -2.08. The van der Waals surface area contributed by atoms with Crippen molar-refractivity contribution >= 4 is 48.9 Å². The van der Waals surface area contributed by atoms with Gasteiger partial charge >= 0.3 is 5.97 Å². The summed E-state index contributed by atoms with van der Waals surface area (Å²) in [7, 11) is -7.53. The van der Waals surface area contributed by atoms with Gasteiger partial charge in [0.15, 0.2) is 9.84 Å².